The van der Waals surface area contributed by atoms with E-state index < -0.39 is 25.4 Å². The van der Waals surface area contributed by atoms with Crippen LogP contribution in [-0.2, 0) is 15.3 Å². The van der Waals surface area contributed by atoms with Crippen molar-refractivity contribution in [2.75, 3.05) is 17.2 Å². The van der Waals surface area contributed by atoms with E-state index in [0.717, 1.165) is 18.2 Å². The second kappa shape index (κ2) is 8.43. The van der Waals surface area contributed by atoms with Crippen LogP contribution >= 0.6 is 23.5 Å². The standard InChI is InChI=1S/C16H15BrF3N2O4P/c1-2-26-27(24,25)14-9-11(17)6-7-13(14)22-15(23)21-12-5-3-4-10(8-12)16(18,19)20/h3-9H,2H2,1H3,(H,24,25)(H2,21,22,23). The van der Waals surface area contributed by atoms with Gasteiger partial charge in [-0.15, -0.1) is 0 Å². The highest BCUT2D eigenvalue weighted by atomic mass is 79.9. The summed E-state index contributed by atoms with van der Waals surface area (Å²) in [5, 5.41) is 4.44. The van der Waals surface area contributed by atoms with Crippen molar-refractivity contribution < 1.29 is 31.9 Å². The average molecular weight is 467 g/mol. The maximum atomic E-state index is 12.7. The van der Waals surface area contributed by atoms with E-state index in [-0.39, 0.29) is 23.3 Å². The summed E-state index contributed by atoms with van der Waals surface area (Å²) in [4.78, 5) is 22.2. The molecule has 0 heterocycles. The summed E-state index contributed by atoms with van der Waals surface area (Å²) in [6.45, 7) is 1.50. The first-order chi connectivity index (χ1) is 12.5. The van der Waals surface area contributed by atoms with Crippen molar-refractivity contribution >= 4 is 46.2 Å². The fraction of sp³-hybridized carbons (Fsp3) is 0.188. The van der Waals surface area contributed by atoms with Gasteiger partial charge < -0.3 is 20.1 Å². The molecule has 0 saturated heterocycles. The molecule has 0 aliphatic heterocycles. The molecule has 146 valence electrons. The Balaban J connectivity index is 2.23. The number of anilines is 2. The van der Waals surface area contributed by atoms with E-state index in [9.17, 15) is 27.4 Å². The van der Waals surface area contributed by atoms with Crippen LogP contribution in [0.2, 0.25) is 0 Å². The van der Waals surface area contributed by atoms with Crippen LogP contribution < -0.4 is 15.9 Å². The Labute approximate surface area is 161 Å². The van der Waals surface area contributed by atoms with Crippen molar-refractivity contribution in [1.29, 1.82) is 0 Å². The third-order valence-corrected chi connectivity index (χ3v) is 5.34. The third kappa shape index (κ3) is 5.80. The van der Waals surface area contributed by atoms with Crippen LogP contribution in [-0.4, -0.2) is 17.5 Å². The molecule has 0 aliphatic carbocycles. The monoisotopic (exact) mass is 466 g/mol. The number of halogens is 4. The first kappa shape index (κ1) is 21.4. The van der Waals surface area contributed by atoms with Gasteiger partial charge in [0.1, 0.15) is 0 Å². The number of hydrogen-bond donors (Lipinski definition) is 3. The second-order valence-corrected chi connectivity index (χ2v) is 7.95. The molecule has 0 radical (unpaired) electrons. The zero-order valence-corrected chi connectivity index (χ0v) is 16.4. The normalized spacial score (nSPS) is 13.7. The number of urea groups is 1. The number of amides is 2. The van der Waals surface area contributed by atoms with Gasteiger partial charge in [-0.2, -0.15) is 13.2 Å². The maximum absolute atomic E-state index is 12.7. The van der Waals surface area contributed by atoms with Gasteiger partial charge >= 0.3 is 19.8 Å². The predicted molar refractivity (Wildman–Crippen MR) is 99.3 cm³/mol. The first-order valence-corrected chi connectivity index (χ1v) is 9.92. The molecule has 0 aliphatic rings. The number of benzene rings is 2. The van der Waals surface area contributed by atoms with E-state index in [0.29, 0.717) is 4.47 Å². The molecule has 2 rings (SSSR count). The average Bonchev–Trinajstić information content (AvgIpc) is 2.56. The molecule has 1 atom stereocenters. The van der Waals surface area contributed by atoms with Gasteiger partial charge in [0, 0.05) is 10.2 Å². The van der Waals surface area contributed by atoms with E-state index in [2.05, 4.69) is 26.6 Å². The Morgan fingerprint density at radius 1 is 1.22 bits per heavy atom. The summed E-state index contributed by atoms with van der Waals surface area (Å²) in [5.41, 5.74) is -1.01. The zero-order valence-electron chi connectivity index (χ0n) is 13.9. The van der Waals surface area contributed by atoms with Crippen molar-refractivity contribution in [1.82, 2.24) is 0 Å². The predicted octanol–water partition coefficient (Wildman–Crippen LogP) is 4.96. The number of alkyl halides is 3. The number of carbonyl (C=O) groups excluding carboxylic acids is 1. The van der Waals surface area contributed by atoms with Gasteiger partial charge in [-0.3, -0.25) is 4.57 Å². The maximum Gasteiger partial charge on any atom is 0.416 e. The Bertz CT molecular complexity index is 892. The molecule has 0 bridgehead atoms. The van der Waals surface area contributed by atoms with Crippen LogP contribution in [0, 0.1) is 0 Å². The van der Waals surface area contributed by atoms with E-state index in [1.807, 2.05) is 0 Å². The van der Waals surface area contributed by atoms with Crippen LogP contribution in [0.3, 0.4) is 0 Å². The van der Waals surface area contributed by atoms with Crippen LogP contribution in [0.5, 0.6) is 0 Å². The fourth-order valence-corrected chi connectivity index (χ4v) is 3.91. The van der Waals surface area contributed by atoms with Gasteiger partial charge in [-0.25, -0.2) is 4.79 Å². The summed E-state index contributed by atoms with van der Waals surface area (Å²) in [5.74, 6) is 0. The zero-order chi connectivity index (χ0) is 20.2. The molecule has 11 heteroatoms. The Morgan fingerprint density at radius 3 is 2.56 bits per heavy atom. The lowest BCUT2D eigenvalue weighted by molar-refractivity contribution is -0.137. The summed E-state index contributed by atoms with van der Waals surface area (Å²) >= 11 is 3.16. The molecule has 0 fully saturated rings. The van der Waals surface area contributed by atoms with E-state index >= 15 is 0 Å². The lowest BCUT2D eigenvalue weighted by atomic mass is 10.2. The highest BCUT2D eigenvalue weighted by molar-refractivity contribution is 9.10. The molecular formula is C16H15BrF3N2O4P. The van der Waals surface area contributed by atoms with E-state index in [1.165, 1.54) is 31.2 Å². The number of nitrogens with one attached hydrogen (secondary N) is 2. The summed E-state index contributed by atoms with van der Waals surface area (Å²) in [6, 6.07) is 7.42. The van der Waals surface area contributed by atoms with Crippen molar-refractivity contribution in [3.8, 4) is 0 Å². The lowest BCUT2D eigenvalue weighted by Crippen LogP contribution is -2.24. The van der Waals surface area contributed by atoms with Gasteiger partial charge in [0.25, 0.3) is 0 Å². The molecule has 1 unspecified atom stereocenters. The quantitative estimate of drug-likeness (QED) is 0.543. The SMILES string of the molecule is CCOP(=O)(O)c1cc(Br)ccc1NC(=O)Nc1cccc(C(F)(F)F)c1. The number of carbonyl (C=O) groups is 1. The Hall–Kier alpha value is -1.87. The third-order valence-electron chi connectivity index (χ3n) is 3.26. The molecule has 3 N–H and O–H groups in total. The van der Waals surface area contributed by atoms with Crippen LogP contribution in [0.25, 0.3) is 0 Å². The summed E-state index contributed by atoms with van der Waals surface area (Å²) in [7, 11) is -4.20. The van der Waals surface area contributed by atoms with Gasteiger partial charge in [-0.05, 0) is 43.3 Å². The molecule has 2 amide bonds. The summed E-state index contributed by atoms with van der Waals surface area (Å²) in [6.07, 6.45) is -4.55. The molecule has 0 aromatic heterocycles. The first-order valence-electron chi connectivity index (χ1n) is 7.55. The van der Waals surface area contributed by atoms with Crippen molar-refractivity contribution in [3.63, 3.8) is 0 Å². The largest absolute Gasteiger partial charge is 0.416 e. The number of rotatable bonds is 5. The molecule has 0 saturated carbocycles. The molecule has 0 spiro atoms. The number of hydrogen-bond acceptors (Lipinski definition) is 3. The minimum Gasteiger partial charge on any atom is -0.321 e. The van der Waals surface area contributed by atoms with E-state index in [4.69, 9.17) is 4.52 Å². The molecule has 6 nitrogen and oxygen atoms in total. The minimum absolute atomic E-state index is 0.0121. The van der Waals surface area contributed by atoms with Gasteiger partial charge in [0.15, 0.2) is 0 Å². The van der Waals surface area contributed by atoms with Crippen molar-refractivity contribution in [2.24, 2.45) is 0 Å². The molecule has 2 aromatic rings. The smallest absolute Gasteiger partial charge is 0.321 e. The lowest BCUT2D eigenvalue weighted by Gasteiger charge is -2.17. The van der Waals surface area contributed by atoms with Gasteiger partial charge in [-0.1, -0.05) is 22.0 Å². The molecule has 27 heavy (non-hydrogen) atoms. The minimum atomic E-state index is -4.55. The second-order valence-electron chi connectivity index (χ2n) is 5.26. The van der Waals surface area contributed by atoms with Crippen LogP contribution in [0.4, 0.5) is 29.3 Å². The Kier molecular flexibility index (Phi) is 6.69. The summed E-state index contributed by atoms with van der Waals surface area (Å²) < 4.78 is 55.9. The highest BCUT2D eigenvalue weighted by Crippen LogP contribution is 2.43. The van der Waals surface area contributed by atoms with Crippen molar-refractivity contribution in [2.45, 2.75) is 13.1 Å². The molecule has 2 aromatic carbocycles. The highest BCUT2D eigenvalue weighted by Gasteiger charge is 2.30. The topological polar surface area (TPSA) is 87.7 Å². The van der Waals surface area contributed by atoms with Crippen LogP contribution in [0.1, 0.15) is 12.5 Å². The van der Waals surface area contributed by atoms with Crippen molar-refractivity contribution in [3.05, 3.63) is 52.5 Å². The Morgan fingerprint density at radius 2 is 1.93 bits per heavy atom. The fourth-order valence-electron chi connectivity index (χ4n) is 2.15. The van der Waals surface area contributed by atoms with Gasteiger partial charge in [0.05, 0.1) is 23.2 Å². The van der Waals surface area contributed by atoms with E-state index in [1.54, 1.807) is 0 Å². The molecular weight excluding hydrogens is 452 g/mol. The van der Waals surface area contributed by atoms with Gasteiger partial charge in [0.2, 0.25) is 0 Å². The van der Waals surface area contributed by atoms with Crippen LogP contribution in [0.15, 0.2) is 46.9 Å².